The molecule has 2 rings (SSSR count). The van der Waals surface area contributed by atoms with Gasteiger partial charge in [-0.15, -0.1) is 0 Å². The molecule has 2 aromatic rings. The van der Waals surface area contributed by atoms with E-state index in [0.29, 0.717) is 5.92 Å². The highest BCUT2D eigenvalue weighted by Crippen LogP contribution is 2.26. The normalized spacial score (nSPS) is 12.4. The Kier molecular flexibility index (Phi) is 5.37. The first-order valence-corrected chi connectivity index (χ1v) is 7.37. The van der Waals surface area contributed by atoms with Gasteiger partial charge in [0.15, 0.2) is 0 Å². The monoisotopic (exact) mass is 338 g/mol. The number of nitrogens with one attached hydrogen (secondary N) is 1. The van der Waals surface area contributed by atoms with Crippen LogP contribution in [-0.2, 0) is 6.42 Å². The molecular formula is C15H16BrClN2. The zero-order valence-corrected chi connectivity index (χ0v) is 13.1. The van der Waals surface area contributed by atoms with Gasteiger partial charge in [-0.25, -0.2) is 0 Å². The Morgan fingerprint density at radius 2 is 2.05 bits per heavy atom. The van der Waals surface area contributed by atoms with Crippen molar-refractivity contribution >= 4 is 27.5 Å². The maximum Gasteiger partial charge on any atom is 0.0441 e. The molecule has 0 saturated heterocycles. The third-order valence-corrected chi connectivity index (χ3v) is 3.85. The van der Waals surface area contributed by atoms with Gasteiger partial charge in [0.1, 0.15) is 0 Å². The van der Waals surface area contributed by atoms with Gasteiger partial charge in [-0.3, -0.25) is 4.98 Å². The molecule has 100 valence electrons. The minimum absolute atomic E-state index is 0.326. The number of pyridine rings is 1. The SMILES string of the molecule is CNCC(Cc1ccc(Br)cn1)c1ccccc1Cl. The van der Waals surface area contributed by atoms with Crippen molar-refractivity contribution in [2.75, 3.05) is 13.6 Å². The van der Waals surface area contributed by atoms with Crippen LogP contribution in [0, 0.1) is 0 Å². The molecule has 0 radical (unpaired) electrons. The Balaban J connectivity index is 2.21. The lowest BCUT2D eigenvalue weighted by Gasteiger charge is -2.18. The lowest BCUT2D eigenvalue weighted by Crippen LogP contribution is -2.19. The predicted molar refractivity (Wildman–Crippen MR) is 83.8 cm³/mol. The van der Waals surface area contributed by atoms with Crippen molar-refractivity contribution in [2.45, 2.75) is 12.3 Å². The van der Waals surface area contributed by atoms with Gasteiger partial charge >= 0.3 is 0 Å². The summed E-state index contributed by atoms with van der Waals surface area (Å²) in [4.78, 5) is 4.44. The van der Waals surface area contributed by atoms with Crippen molar-refractivity contribution < 1.29 is 0 Å². The lowest BCUT2D eigenvalue weighted by molar-refractivity contribution is 0.618. The van der Waals surface area contributed by atoms with Crippen LogP contribution < -0.4 is 5.32 Å². The zero-order valence-electron chi connectivity index (χ0n) is 10.7. The molecule has 0 aliphatic carbocycles. The highest BCUT2D eigenvalue weighted by Gasteiger charge is 2.15. The van der Waals surface area contributed by atoms with Gasteiger partial charge in [0.2, 0.25) is 0 Å². The standard InChI is InChI=1S/C15H16BrClN2/c1-18-9-11(14-4-2-3-5-15(14)17)8-13-7-6-12(16)10-19-13/h2-7,10-11,18H,8-9H2,1H3. The fourth-order valence-corrected chi connectivity index (χ4v) is 2.65. The number of likely N-dealkylation sites (N-methyl/N-ethyl adjacent to an activating group) is 1. The summed E-state index contributed by atoms with van der Waals surface area (Å²) < 4.78 is 0.999. The van der Waals surface area contributed by atoms with Gasteiger partial charge in [-0.2, -0.15) is 0 Å². The van der Waals surface area contributed by atoms with Gasteiger partial charge in [-0.05, 0) is 53.2 Å². The molecule has 0 aliphatic rings. The van der Waals surface area contributed by atoms with Crippen LogP contribution in [0.5, 0.6) is 0 Å². The molecule has 19 heavy (non-hydrogen) atoms. The molecule has 0 spiro atoms. The average Bonchev–Trinajstić information content (AvgIpc) is 2.41. The molecule has 1 N–H and O–H groups in total. The molecule has 2 nitrogen and oxygen atoms in total. The predicted octanol–water partition coefficient (Wildman–Crippen LogP) is 4.04. The van der Waals surface area contributed by atoms with Gasteiger partial charge < -0.3 is 5.32 Å². The number of rotatable bonds is 5. The van der Waals surface area contributed by atoms with Crippen molar-refractivity contribution in [3.8, 4) is 0 Å². The highest BCUT2D eigenvalue weighted by atomic mass is 79.9. The lowest BCUT2D eigenvalue weighted by atomic mass is 9.94. The number of halogens is 2. The van der Waals surface area contributed by atoms with Crippen molar-refractivity contribution in [1.29, 1.82) is 0 Å². The van der Waals surface area contributed by atoms with Crippen LogP contribution in [0.1, 0.15) is 17.2 Å². The zero-order chi connectivity index (χ0) is 13.7. The second kappa shape index (κ2) is 7.04. The first-order valence-electron chi connectivity index (χ1n) is 6.20. The molecule has 1 aromatic heterocycles. The summed E-state index contributed by atoms with van der Waals surface area (Å²) in [5.41, 5.74) is 2.24. The van der Waals surface area contributed by atoms with Crippen LogP contribution in [0.4, 0.5) is 0 Å². The first kappa shape index (κ1) is 14.5. The molecule has 1 unspecified atom stereocenters. The summed E-state index contributed by atoms with van der Waals surface area (Å²) >= 11 is 9.69. The summed E-state index contributed by atoms with van der Waals surface area (Å²) in [5, 5.41) is 4.05. The van der Waals surface area contributed by atoms with Crippen molar-refractivity contribution in [3.05, 3.63) is 63.3 Å². The Hall–Kier alpha value is -0.900. The minimum atomic E-state index is 0.326. The van der Waals surface area contributed by atoms with Crippen molar-refractivity contribution in [3.63, 3.8) is 0 Å². The number of benzene rings is 1. The Morgan fingerprint density at radius 1 is 1.26 bits per heavy atom. The fourth-order valence-electron chi connectivity index (χ4n) is 2.12. The van der Waals surface area contributed by atoms with Gasteiger partial charge in [0.25, 0.3) is 0 Å². The molecule has 1 aromatic carbocycles. The summed E-state index contributed by atoms with van der Waals surface area (Å²) in [6, 6.07) is 12.1. The molecule has 0 bridgehead atoms. The summed E-state index contributed by atoms with van der Waals surface area (Å²) in [6.07, 6.45) is 2.70. The van der Waals surface area contributed by atoms with E-state index >= 15 is 0 Å². The minimum Gasteiger partial charge on any atom is -0.319 e. The molecule has 0 aliphatic heterocycles. The number of nitrogens with zero attached hydrogens (tertiary/aromatic N) is 1. The van der Waals surface area contributed by atoms with Gasteiger partial charge in [0, 0.05) is 33.8 Å². The molecule has 4 heteroatoms. The maximum atomic E-state index is 6.29. The van der Waals surface area contributed by atoms with Gasteiger partial charge in [0.05, 0.1) is 0 Å². The second-order valence-electron chi connectivity index (χ2n) is 4.45. The van der Waals surface area contributed by atoms with Gasteiger partial charge in [-0.1, -0.05) is 29.8 Å². The number of aromatic nitrogens is 1. The van der Waals surface area contributed by atoms with E-state index in [2.05, 4.69) is 32.3 Å². The second-order valence-corrected chi connectivity index (χ2v) is 5.77. The smallest absolute Gasteiger partial charge is 0.0441 e. The first-order chi connectivity index (χ1) is 9.20. The van der Waals surface area contributed by atoms with E-state index in [1.165, 1.54) is 5.56 Å². The van der Waals surface area contributed by atoms with E-state index < -0.39 is 0 Å². The van der Waals surface area contributed by atoms with Crippen LogP contribution >= 0.6 is 27.5 Å². The molecule has 0 fully saturated rings. The van der Waals surface area contributed by atoms with E-state index in [-0.39, 0.29) is 0 Å². The largest absolute Gasteiger partial charge is 0.319 e. The van der Waals surface area contributed by atoms with Crippen LogP contribution in [-0.4, -0.2) is 18.6 Å². The Morgan fingerprint density at radius 3 is 2.68 bits per heavy atom. The fraction of sp³-hybridized carbons (Fsp3) is 0.267. The topological polar surface area (TPSA) is 24.9 Å². The number of hydrogen-bond acceptors (Lipinski definition) is 2. The van der Waals surface area contributed by atoms with Crippen LogP contribution in [0.15, 0.2) is 47.1 Å². The highest BCUT2D eigenvalue weighted by molar-refractivity contribution is 9.10. The third kappa shape index (κ3) is 4.03. The number of hydrogen-bond donors (Lipinski definition) is 1. The molecule has 0 saturated carbocycles. The van der Waals surface area contributed by atoms with Crippen LogP contribution in [0.2, 0.25) is 5.02 Å². The molecule has 1 heterocycles. The summed E-state index contributed by atoms with van der Waals surface area (Å²) in [5.74, 6) is 0.326. The van der Waals surface area contributed by atoms with E-state index in [4.69, 9.17) is 11.6 Å². The third-order valence-electron chi connectivity index (χ3n) is 3.04. The average molecular weight is 340 g/mol. The van der Waals surface area contributed by atoms with E-state index in [1.807, 2.05) is 43.6 Å². The van der Waals surface area contributed by atoms with E-state index in [1.54, 1.807) is 0 Å². The van der Waals surface area contributed by atoms with E-state index in [9.17, 15) is 0 Å². The molecule has 1 atom stereocenters. The van der Waals surface area contributed by atoms with Crippen molar-refractivity contribution in [1.82, 2.24) is 10.3 Å². The molecular weight excluding hydrogens is 324 g/mol. The maximum absolute atomic E-state index is 6.29. The quantitative estimate of drug-likeness (QED) is 0.889. The summed E-state index contributed by atoms with van der Waals surface area (Å²) in [6.45, 7) is 0.876. The Labute approximate surface area is 127 Å². The van der Waals surface area contributed by atoms with E-state index in [0.717, 1.165) is 28.2 Å². The van der Waals surface area contributed by atoms with Crippen LogP contribution in [0.3, 0.4) is 0 Å². The Bertz CT molecular complexity index is 528. The molecule has 0 amide bonds. The summed E-state index contributed by atoms with van der Waals surface area (Å²) in [7, 11) is 1.96. The van der Waals surface area contributed by atoms with Crippen LogP contribution in [0.25, 0.3) is 0 Å². The van der Waals surface area contributed by atoms with Crippen molar-refractivity contribution in [2.24, 2.45) is 0 Å².